The number of rotatable bonds is 4. The second kappa shape index (κ2) is 5.21. The third kappa shape index (κ3) is 2.23. The largest absolute Gasteiger partial charge is 0.362 e. The van der Waals surface area contributed by atoms with Crippen LogP contribution >= 0.6 is 0 Å². The Balaban J connectivity index is 2.64. The molecule has 2 aromatic rings. The number of hydrogen-bond donors (Lipinski definition) is 0. The van der Waals surface area contributed by atoms with Crippen molar-refractivity contribution in [3.63, 3.8) is 0 Å². The molecule has 0 unspecified atom stereocenters. The number of aromatic nitrogens is 2. The highest BCUT2D eigenvalue weighted by Crippen LogP contribution is 2.24. The predicted octanol–water partition coefficient (Wildman–Crippen LogP) is 2.54. The van der Waals surface area contributed by atoms with E-state index in [1.165, 1.54) is 0 Å². The number of para-hydroxylation sites is 1. The fraction of sp³-hybridized carbons (Fsp3) is 0.429. The van der Waals surface area contributed by atoms with Crippen molar-refractivity contribution in [3.8, 4) is 0 Å². The van der Waals surface area contributed by atoms with Gasteiger partial charge in [-0.05, 0) is 26.0 Å². The van der Waals surface area contributed by atoms with Crippen molar-refractivity contribution in [1.82, 2.24) is 9.97 Å². The topological polar surface area (TPSA) is 32.3 Å². The molecule has 0 radical (unpaired) electrons. The molecule has 0 saturated heterocycles. The maximum absolute atomic E-state index is 4.68. The number of fused-ring (bicyclic) bond motifs is 1. The normalized spacial score (nSPS) is 10.7. The lowest BCUT2D eigenvalue weighted by molar-refractivity contribution is 0.823. The molecule has 0 aliphatic carbocycles. The van der Waals surface area contributed by atoms with Crippen LogP contribution in [0.15, 0.2) is 24.3 Å². The van der Waals surface area contributed by atoms with Gasteiger partial charge in [0.1, 0.15) is 5.82 Å². The molecule has 0 atom stereocenters. The zero-order valence-electron chi connectivity index (χ0n) is 11.5. The molecular weight excluding hydrogens is 224 g/mol. The first-order valence-corrected chi connectivity index (χ1v) is 6.36. The van der Waals surface area contributed by atoms with Gasteiger partial charge in [-0.2, -0.15) is 4.98 Å². The lowest BCUT2D eigenvalue weighted by Crippen LogP contribution is -2.25. The van der Waals surface area contributed by atoms with Crippen molar-refractivity contribution in [2.24, 2.45) is 0 Å². The Hall–Kier alpha value is -1.84. The minimum Gasteiger partial charge on any atom is -0.362 e. The highest BCUT2D eigenvalue weighted by molar-refractivity contribution is 5.90. The second-order valence-electron chi connectivity index (χ2n) is 4.43. The third-order valence-electron chi connectivity index (χ3n) is 3.04. The standard InChI is InChI=1S/C14H20N4/c1-5-18(6-2)14-15-12-10-8-7-9-11(12)13(16-14)17(3)4/h7-10H,5-6H2,1-4H3. The van der Waals surface area contributed by atoms with Gasteiger partial charge in [0.15, 0.2) is 0 Å². The van der Waals surface area contributed by atoms with Gasteiger partial charge in [0.05, 0.1) is 5.52 Å². The summed E-state index contributed by atoms with van der Waals surface area (Å²) in [6.45, 7) is 6.08. The first kappa shape index (κ1) is 12.6. The summed E-state index contributed by atoms with van der Waals surface area (Å²) in [6.07, 6.45) is 0. The lowest BCUT2D eigenvalue weighted by Gasteiger charge is -2.22. The molecule has 96 valence electrons. The van der Waals surface area contributed by atoms with Gasteiger partial charge in [-0.15, -0.1) is 0 Å². The van der Waals surface area contributed by atoms with E-state index in [4.69, 9.17) is 0 Å². The SMILES string of the molecule is CCN(CC)c1nc(N(C)C)c2ccccc2n1. The highest BCUT2D eigenvalue weighted by Gasteiger charge is 2.12. The summed E-state index contributed by atoms with van der Waals surface area (Å²) in [7, 11) is 4.03. The van der Waals surface area contributed by atoms with Gasteiger partial charge in [0.2, 0.25) is 5.95 Å². The lowest BCUT2D eigenvalue weighted by atomic mass is 10.2. The maximum Gasteiger partial charge on any atom is 0.227 e. The van der Waals surface area contributed by atoms with Crippen LogP contribution < -0.4 is 9.80 Å². The van der Waals surface area contributed by atoms with Crippen LogP contribution in [0.5, 0.6) is 0 Å². The van der Waals surface area contributed by atoms with Crippen LogP contribution in [0.2, 0.25) is 0 Å². The van der Waals surface area contributed by atoms with E-state index in [0.29, 0.717) is 0 Å². The molecule has 0 bridgehead atoms. The summed E-state index contributed by atoms with van der Waals surface area (Å²) >= 11 is 0. The molecule has 1 aromatic heterocycles. The van der Waals surface area contributed by atoms with Crippen molar-refractivity contribution in [2.75, 3.05) is 37.0 Å². The fourth-order valence-corrected chi connectivity index (χ4v) is 2.04. The molecule has 0 fully saturated rings. The summed E-state index contributed by atoms with van der Waals surface area (Å²) in [5, 5.41) is 1.10. The van der Waals surface area contributed by atoms with Crippen LogP contribution in [0.25, 0.3) is 10.9 Å². The van der Waals surface area contributed by atoms with E-state index in [0.717, 1.165) is 35.8 Å². The molecule has 0 amide bonds. The Kier molecular flexibility index (Phi) is 3.65. The zero-order chi connectivity index (χ0) is 13.1. The van der Waals surface area contributed by atoms with Crippen molar-refractivity contribution in [1.29, 1.82) is 0 Å². The maximum atomic E-state index is 4.68. The van der Waals surface area contributed by atoms with Gasteiger partial charge < -0.3 is 9.80 Å². The molecule has 18 heavy (non-hydrogen) atoms. The van der Waals surface area contributed by atoms with Gasteiger partial charge in [-0.25, -0.2) is 4.98 Å². The van der Waals surface area contributed by atoms with E-state index in [1.807, 2.05) is 37.2 Å². The molecular formula is C14H20N4. The van der Waals surface area contributed by atoms with Gasteiger partial charge >= 0.3 is 0 Å². The van der Waals surface area contributed by atoms with Crippen LogP contribution in [0.3, 0.4) is 0 Å². The van der Waals surface area contributed by atoms with E-state index in [9.17, 15) is 0 Å². The Morgan fingerprint density at radius 2 is 1.67 bits per heavy atom. The van der Waals surface area contributed by atoms with Crippen molar-refractivity contribution < 1.29 is 0 Å². The summed E-state index contributed by atoms with van der Waals surface area (Å²) < 4.78 is 0. The van der Waals surface area contributed by atoms with E-state index in [-0.39, 0.29) is 0 Å². The van der Waals surface area contributed by atoms with Gasteiger partial charge in [0, 0.05) is 32.6 Å². The molecule has 0 spiro atoms. The average Bonchev–Trinajstić information content (AvgIpc) is 2.39. The van der Waals surface area contributed by atoms with E-state index < -0.39 is 0 Å². The van der Waals surface area contributed by atoms with Crippen LogP contribution in [0, 0.1) is 0 Å². The van der Waals surface area contributed by atoms with Crippen molar-refractivity contribution in [3.05, 3.63) is 24.3 Å². The molecule has 0 aliphatic rings. The highest BCUT2D eigenvalue weighted by atomic mass is 15.3. The Labute approximate surface area is 108 Å². The number of hydrogen-bond acceptors (Lipinski definition) is 4. The molecule has 0 saturated carbocycles. The number of anilines is 2. The molecule has 1 heterocycles. The predicted molar refractivity (Wildman–Crippen MR) is 77.4 cm³/mol. The van der Waals surface area contributed by atoms with Crippen molar-refractivity contribution in [2.45, 2.75) is 13.8 Å². The first-order chi connectivity index (χ1) is 8.67. The van der Waals surface area contributed by atoms with E-state index in [1.54, 1.807) is 0 Å². The number of benzene rings is 1. The number of nitrogens with zero attached hydrogens (tertiary/aromatic N) is 4. The Morgan fingerprint density at radius 3 is 2.28 bits per heavy atom. The smallest absolute Gasteiger partial charge is 0.227 e. The third-order valence-corrected chi connectivity index (χ3v) is 3.04. The van der Waals surface area contributed by atoms with Gasteiger partial charge in [-0.3, -0.25) is 0 Å². The zero-order valence-corrected chi connectivity index (χ0v) is 11.5. The fourth-order valence-electron chi connectivity index (χ4n) is 2.04. The first-order valence-electron chi connectivity index (χ1n) is 6.36. The quantitative estimate of drug-likeness (QED) is 0.827. The molecule has 4 heteroatoms. The summed E-state index contributed by atoms with van der Waals surface area (Å²) in [5.74, 6) is 1.78. The monoisotopic (exact) mass is 244 g/mol. The second-order valence-corrected chi connectivity index (χ2v) is 4.43. The van der Waals surface area contributed by atoms with Gasteiger partial charge in [0.25, 0.3) is 0 Å². The minimum absolute atomic E-state index is 0.808. The Morgan fingerprint density at radius 1 is 1.00 bits per heavy atom. The summed E-state index contributed by atoms with van der Waals surface area (Å²) in [6, 6.07) is 8.14. The van der Waals surface area contributed by atoms with Crippen LogP contribution in [0.1, 0.15) is 13.8 Å². The van der Waals surface area contributed by atoms with Crippen LogP contribution in [0.4, 0.5) is 11.8 Å². The van der Waals surface area contributed by atoms with Gasteiger partial charge in [-0.1, -0.05) is 12.1 Å². The minimum atomic E-state index is 0.808. The van der Waals surface area contributed by atoms with Crippen LogP contribution in [-0.2, 0) is 0 Å². The van der Waals surface area contributed by atoms with E-state index >= 15 is 0 Å². The molecule has 2 rings (SSSR count). The molecule has 0 aliphatic heterocycles. The average molecular weight is 244 g/mol. The summed E-state index contributed by atoms with van der Waals surface area (Å²) in [5.41, 5.74) is 0.998. The Bertz CT molecular complexity index is 532. The van der Waals surface area contributed by atoms with Crippen molar-refractivity contribution >= 4 is 22.7 Å². The molecule has 1 aromatic carbocycles. The van der Waals surface area contributed by atoms with E-state index in [2.05, 4.69) is 34.8 Å². The summed E-state index contributed by atoms with van der Waals surface area (Å²) in [4.78, 5) is 13.5. The molecule has 4 nitrogen and oxygen atoms in total. The molecule has 0 N–H and O–H groups in total. The van der Waals surface area contributed by atoms with Crippen LogP contribution in [-0.4, -0.2) is 37.2 Å².